The number of nitrogens with zero attached hydrogens (tertiary/aromatic N) is 3. The summed E-state index contributed by atoms with van der Waals surface area (Å²) in [5.41, 5.74) is 4.27. The lowest BCUT2D eigenvalue weighted by atomic mass is 9.97. The molecule has 31 heavy (non-hydrogen) atoms. The predicted molar refractivity (Wildman–Crippen MR) is 119 cm³/mol. The van der Waals surface area contributed by atoms with E-state index in [0.29, 0.717) is 30.7 Å². The van der Waals surface area contributed by atoms with Crippen LogP contribution < -0.4 is 9.86 Å². The molecule has 0 saturated carbocycles. The highest BCUT2D eigenvalue weighted by Gasteiger charge is 2.28. The smallest absolute Gasteiger partial charge is 0.274 e. The Bertz CT molecular complexity index is 1210. The lowest BCUT2D eigenvalue weighted by molar-refractivity contribution is 0.0327. The third-order valence-corrected chi connectivity index (χ3v) is 6.64. The Labute approximate surface area is 185 Å². The molecule has 1 heterocycles. The Kier molecular flexibility index (Phi) is 6.05. The van der Waals surface area contributed by atoms with E-state index in [1.807, 2.05) is 44.2 Å². The predicted octanol–water partition coefficient (Wildman–Crippen LogP) is 3.02. The van der Waals surface area contributed by atoms with Crippen molar-refractivity contribution in [1.29, 1.82) is 5.26 Å². The number of hydrogen-bond acceptors (Lipinski definition) is 7. The van der Waals surface area contributed by atoms with Gasteiger partial charge in [-0.3, -0.25) is 0 Å². The fourth-order valence-electron chi connectivity index (χ4n) is 4.03. The summed E-state index contributed by atoms with van der Waals surface area (Å²) in [5.74, 6) is 0.599. The van der Waals surface area contributed by atoms with Crippen LogP contribution in [0, 0.1) is 11.3 Å². The highest BCUT2D eigenvalue weighted by molar-refractivity contribution is 7.87. The van der Waals surface area contributed by atoms with Gasteiger partial charge in [-0.15, -0.1) is 0 Å². The van der Waals surface area contributed by atoms with E-state index in [1.165, 1.54) is 11.5 Å². The summed E-state index contributed by atoms with van der Waals surface area (Å²) in [6.45, 7) is 3.90. The number of fused-ring (bicyclic) bond motifs is 1. The second-order valence-corrected chi connectivity index (χ2v) is 9.91. The molecule has 0 fully saturated rings. The summed E-state index contributed by atoms with van der Waals surface area (Å²) in [6.07, 6.45) is 5.62. The van der Waals surface area contributed by atoms with Gasteiger partial charge in [-0.1, -0.05) is 24.3 Å². The van der Waals surface area contributed by atoms with E-state index in [0.717, 1.165) is 27.3 Å². The van der Waals surface area contributed by atoms with E-state index in [9.17, 15) is 13.7 Å². The first-order chi connectivity index (χ1) is 14.7. The SMILES string of the molecule is CC(C)OC1CC=C(c2nc(-c3cccc4c3CC[C@@H]4NS(N)(=O)=O)ns2)C=C1C#N. The van der Waals surface area contributed by atoms with Crippen molar-refractivity contribution in [2.45, 2.75) is 51.4 Å². The van der Waals surface area contributed by atoms with Crippen molar-refractivity contribution < 1.29 is 13.2 Å². The third-order valence-electron chi connectivity index (χ3n) is 5.27. The van der Waals surface area contributed by atoms with E-state index >= 15 is 0 Å². The van der Waals surface area contributed by atoms with Crippen LogP contribution in [-0.4, -0.2) is 30.0 Å². The number of ether oxygens (including phenoxy) is 1. The van der Waals surface area contributed by atoms with Crippen LogP contribution in [0.15, 0.2) is 35.9 Å². The van der Waals surface area contributed by atoms with Crippen LogP contribution in [0.5, 0.6) is 0 Å². The molecule has 0 aliphatic heterocycles. The topological polar surface area (TPSA) is 131 Å². The van der Waals surface area contributed by atoms with Gasteiger partial charge in [-0.2, -0.15) is 22.8 Å². The van der Waals surface area contributed by atoms with Crippen LogP contribution in [-0.2, 0) is 21.4 Å². The monoisotopic (exact) mass is 457 g/mol. The standard InChI is InChI=1S/C21H23N5O3S2/c1-12(2)29-19-9-6-13(10-14(19)11-22)21-24-20(25-30-21)17-5-3-4-16-15(17)7-8-18(16)26-31(23,27)28/h3-6,10,12,18-19,26H,7-9H2,1-2H3,(H2,23,27,28)/t18-,19?/m0/s1. The molecule has 0 spiro atoms. The number of allylic oxidation sites excluding steroid dienone is 2. The molecule has 1 aromatic carbocycles. The molecule has 10 heteroatoms. The molecule has 2 aliphatic carbocycles. The van der Waals surface area contributed by atoms with Crippen molar-refractivity contribution in [2.24, 2.45) is 5.14 Å². The second kappa shape index (κ2) is 8.61. The Balaban J connectivity index is 1.61. The van der Waals surface area contributed by atoms with E-state index in [4.69, 9.17) is 14.9 Å². The van der Waals surface area contributed by atoms with E-state index in [2.05, 4.69) is 15.2 Å². The van der Waals surface area contributed by atoms with Gasteiger partial charge in [0.05, 0.1) is 23.9 Å². The molecule has 0 amide bonds. The fraction of sp³-hybridized carbons (Fsp3) is 0.381. The van der Waals surface area contributed by atoms with Crippen molar-refractivity contribution in [3.05, 3.63) is 52.1 Å². The molecule has 0 bridgehead atoms. The maximum absolute atomic E-state index is 11.5. The minimum absolute atomic E-state index is 0.0394. The van der Waals surface area contributed by atoms with Crippen molar-refractivity contribution >= 4 is 27.3 Å². The zero-order chi connectivity index (χ0) is 22.2. The van der Waals surface area contributed by atoms with Crippen molar-refractivity contribution in [3.63, 3.8) is 0 Å². The van der Waals surface area contributed by atoms with Crippen molar-refractivity contribution in [1.82, 2.24) is 14.1 Å². The van der Waals surface area contributed by atoms with Crippen molar-refractivity contribution in [3.8, 4) is 17.5 Å². The third kappa shape index (κ3) is 4.76. The summed E-state index contributed by atoms with van der Waals surface area (Å²) >= 11 is 1.28. The van der Waals surface area contributed by atoms with Gasteiger partial charge in [-0.25, -0.2) is 10.1 Å². The number of benzene rings is 1. The molecule has 1 aromatic heterocycles. The molecule has 0 radical (unpaired) electrons. The molecule has 4 rings (SSSR count). The van der Waals surface area contributed by atoms with Gasteiger partial charge in [0.2, 0.25) is 0 Å². The number of rotatable bonds is 6. The van der Waals surface area contributed by atoms with Gasteiger partial charge in [-0.05, 0) is 61.8 Å². The lowest BCUT2D eigenvalue weighted by Crippen LogP contribution is -2.33. The highest BCUT2D eigenvalue weighted by Crippen LogP contribution is 2.38. The average Bonchev–Trinajstić information content (AvgIpc) is 3.34. The fourth-order valence-corrected chi connectivity index (χ4v) is 5.35. The summed E-state index contributed by atoms with van der Waals surface area (Å²) in [6, 6.07) is 7.62. The van der Waals surface area contributed by atoms with E-state index in [1.54, 1.807) is 0 Å². The molecule has 2 aromatic rings. The van der Waals surface area contributed by atoms with Crippen LogP contribution in [0.25, 0.3) is 17.0 Å². The molecule has 2 aliphatic rings. The molecule has 1 unspecified atom stereocenters. The molecule has 8 nitrogen and oxygen atoms in total. The first kappa shape index (κ1) is 21.8. The number of nitriles is 1. The zero-order valence-corrected chi connectivity index (χ0v) is 18.8. The van der Waals surface area contributed by atoms with Crippen LogP contribution in [0.4, 0.5) is 0 Å². The van der Waals surface area contributed by atoms with Crippen LogP contribution in [0.1, 0.15) is 48.9 Å². The van der Waals surface area contributed by atoms with Gasteiger partial charge in [0.25, 0.3) is 10.2 Å². The van der Waals surface area contributed by atoms with Gasteiger partial charge < -0.3 is 4.74 Å². The summed E-state index contributed by atoms with van der Waals surface area (Å²) in [7, 11) is -3.79. The maximum Gasteiger partial charge on any atom is 0.274 e. The zero-order valence-electron chi connectivity index (χ0n) is 17.2. The number of aromatic nitrogens is 2. The largest absolute Gasteiger partial charge is 0.370 e. The molecule has 0 saturated heterocycles. The Morgan fingerprint density at radius 1 is 1.39 bits per heavy atom. The van der Waals surface area contributed by atoms with Gasteiger partial charge in [0.1, 0.15) is 5.01 Å². The Hall–Kier alpha value is -2.42. The van der Waals surface area contributed by atoms with Crippen LogP contribution in [0.2, 0.25) is 0 Å². The quantitative estimate of drug-likeness (QED) is 0.685. The van der Waals surface area contributed by atoms with Gasteiger partial charge in [0.15, 0.2) is 5.82 Å². The Morgan fingerprint density at radius 2 is 2.19 bits per heavy atom. The highest BCUT2D eigenvalue weighted by atomic mass is 32.2. The summed E-state index contributed by atoms with van der Waals surface area (Å²) in [4.78, 5) is 4.72. The molecule has 3 N–H and O–H groups in total. The average molecular weight is 458 g/mol. The first-order valence-electron chi connectivity index (χ1n) is 9.98. The normalized spacial score (nSPS) is 20.9. The summed E-state index contributed by atoms with van der Waals surface area (Å²) < 4.78 is 35.8. The molecule has 162 valence electrons. The van der Waals surface area contributed by atoms with Crippen LogP contribution >= 0.6 is 11.5 Å². The maximum atomic E-state index is 11.5. The van der Waals surface area contributed by atoms with E-state index in [-0.39, 0.29) is 18.2 Å². The molecule has 2 atom stereocenters. The van der Waals surface area contributed by atoms with Crippen LogP contribution in [0.3, 0.4) is 0 Å². The van der Waals surface area contributed by atoms with Gasteiger partial charge >= 0.3 is 0 Å². The van der Waals surface area contributed by atoms with Crippen molar-refractivity contribution in [2.75, 3.05) is 0 Å². The minimum atomic E-state index is -3.79. The minimum Gasteiger partial charge on any atom is -0.370 e. The number of nitrogens with one attached hydrogen (secondary N) is 1. The van der Waals surface area contributed by atoms with Gasteiger partial charge in [0, 0.05) is 17.2 Å². The molecular formula is C21H23N5O3S2. The number of nitrogens with two attached hydrogens (primary N) is 1. The second-order valence-electron chi connectivity index (χ2n) is 7.83. The lowest BCUT2D eigenvalue weighted by Gasteiger charge is -2.21. The first-order valence-corrected chi connectivity index (χ1v) is 12.3. The molecular weight excluding hydrogens is 434 g/mol. The summed E-state index contributed by atoms with van der Waals surface area (Å²) in [5, 5.41) is 15.4. The van der Waals surface area contributed by atoms with E-state index < -0.39 is 10.2 Å². The Morgan fingerprint density at radius 3 is 2.90 bits per heavy atom. The number of hydrogen-bond donors (Lipinski definition) is 2.